The lowest BCUT2D eigenvalue weighted by atomic mass is 9.91. The second-order valence-electron chi connectivity index (χ2n) is 4.73. The summed E-state index contributed by atoms with van der Waals surface area (Å²) in [7, 11) is -3.02. The molecule has 0 radical (unpaired) electrons. The SMILES string of the molecule is O=S1(=O)CCC(C2CC2)c2cc(Br)ccc21. The van der Waals surface area contributed by atoms with Crippen molar-refractivity contribution in [1.29, 1.82) is 0 Å². The maximum absolute atomic E-state index is 12.0. The summed E-state index contributed by atoms with van der Waals surface area (Å²) in [6.45, 7) is 0. The summed E-state index contributed by atoms with van der Waals surface area (Å²) >= 11 is 3.43. The smallest absolute Gasteiger partial charge is 0.178 e. The molecule has 1 fully saturated rings. The van der Waals surface area contributed by atoms with E-state index >= 15 is 0 Å². The van der Waals surface area contributed by atoms with Gasteiger partial charge in [0, 0.05) is 4.47 Å². The molecule has 1 atom stereocenters. The first-order valence-electron chi connectivity index (χ1n) is 5.60. The molecule has 86 valence electrons. The Labute approximate surface area is 104 Å². The standard InChI is InChI=1S/C12H13BrO2S/c13-9-3-4-12-11(7-9)10(8-1-2-8)5-6-16(12,14)15/h3-4,7-8,10H,1-2,5-6H2. The minimum Gasteiger partial charge on any atom is -0.224 e. The van der Waals surface area contributed by atoms with Gasteiger partial charge in [0.05, 0.1) is 10.6 Å². The maximum Gasteiger partial charge on any atom is 0.178 e. The van der Waals surface area contributed by atoms with Crippen molar-refractivity contribution in [2.45, 2.75) is 30.1 Å². The Balaban J connectivity index is 2.17. The third-order valence-electron chi connectivity index (χ3n) is 3.59. The second-order valence-corrected chi connectivity index (χ2v) is 7.73. The molecule has 1 aromatic carbocycles. The van der Waals surface area contributed by atoms with E-state index in [0.29, 0.717) is 16.6 Å². The van der Waals surface area contributed by atoms with Gasteiger partial charge in [-0.2, -0.15) is 0 Å². The van der Waals surface area contributed by atoms with Crippen LogP contribution in [0.1, 0.15) is 30.7 Å². The van der Waals surface area contributed by atoms with Gasteiger partial charge in [0.2, 0.25) is 0 Å². The molecule has 16 heavy (non-hydrogen) atoms. The first-order chi connectivity index (χ1) is 7.58. The zero-order valence-electron chi connectivity index (χ0n) is 8.82. The lowest BCUT2D eigenvalue weighted by Crippen LogP contribution is -2.21. The number of halogens is 1. The lowest BCUT2D eigenvalue weighted by molar-refractivity contribution is 0.534. The predicted molar refractivity (Wildman–Crippen MR) is 66.3 cm³/mol. The molecular weight excluding hydrogens is 288 g/mol. The lowest BCUT2D eigenvalue weighted by Gasteiger charge is -2.25. The summed E-state index contributed by atoms with van der Waals surface area (Å²) in [5, 5.41) is 0. The van der Waals surface area contributed by atoms with Crippen molar-refractivity contribution < 1.29 is 8.42 Å². The minimum absolute atomic E-state index is 0.322. The van der Waals surface area contributed by atoms with Crippen LogP contribution in [0.2, 0.25) is 0 Å². The molecule has 1 aliphatic carbocycles. The number of sulfone groups is 1. The molecule has 2 nitrogen and oxygen atoms in total. The summed E-state index contributed by atoms with van der Waals surface area (Å²) < 4.78 is 24.9. The van der Waals surface area contributed by atoms with Crippen LogP contribution in [0.3, 0.4) is 0 Å². The zero-order valence-corrected chi connectivity index (χ0v) is 11.2. The first kappa shape index (κ1) is 10.8. The molecule has 0 amide bonds. The second kappa shape index (κ2) is 3.57. The summed E-state index contributed by atoms with van der Waals surface area (Å²) in [6.07, 6.45) is 3.32. The zero-order chi connectivity index (χ0) is 11.3. The monoisotopic (exact) mass is 300 g/mol. The van der Waals surface area contributed by atoms with Gasteiger partial charge >= 0.3 is 0 Å². The van der Waals surface area contributed by atoms with Crippen molar-refractivity contribution in [2.75, 3.05) is 5.75 Å². The van der Waals surface area contributed by atoms with E-state index in [9.17, 15) is 8.42 Å². The van der Waals surface area contributed by atoms with Crippen molar-refractivity contribution in [3.05, 3.63) is 28.2 Å². The summed E-state index contributed by atoms with van der Waals surface area (Å²) in [5.41, 5.74) is 1.04. The average Bonchev–Trinajstić information content (AvgIpc) is 3.01. The number of rotatable bonds is 1. The summed E-state index contributed by atoms with van der Waals surface area (Å²) in [4.78, 5) is 0.568. The van der Waals surface area contributed by atoms with Crippen LogP contribution in [0.25, 0.3) is 0 Å². The van der Waals surface area contributed by atoms with Gasteiger partial charge in [-0.15, -0.1) is 0 Å². The van der Waals surface area contributed by atoms with Crippen LogP contribution in [-0.2, 0) is 9.84 Å². The fraction of sp³-hybridized carbons (Fsp3) is 0.500. The Morgan fingerprint density at radius 3 is 2.62 bits per heavy atom. The average molecular weight is 301 g/mol. The molecule has 1 aromatic rings. The molecule has 0 spiro atoms. The van der Waals surface area contributed by atoms with Crippen LogP contribution in [-0.4, -0.2) is 14.2 Å². The third-order valence-corrected chi connectivity index (χ3v) is 5.90. The molecule has 0 N–H and O–H groups in total. The first-order valence-corrected chi connectivity index (χ1v) is 8.05. The van der Waals surface area contributed by atoms with Crippen LogP contribution in [0.15, 0.2) is 27.6 Å². The van der Waals surface area contributed by atoms with Gasteiger partial charge in [0.1, 0.15) is 0 Å². The van der Waals surface area contributed by atoms with Crippen LogP contribution in [0.5, 0.6) is 0 Å². The molecule has 3 rings (SSSR count). The molecule has 1 heterocycles. The molecule has 2 aliphatic rings. The van der Waals surface area contributed by atoms with Crippen molar-refractivity contribution in [3.8, 4) is 0 Å². The van der Waals surface area contributed by atoms with Crippen molar-refractivity contribution >= 4 is 25.8 Å². The van der Waals surface area contributed by atoms with Gasteiger partial charge in [-0.25, -0.2) is 8.42 Å². The number of hydrogen-bond acceptors (Lipinski definition) is 2. The van der Waals surface area contributed by atoms with Gasteiger partial charge in [0.25, 0.3) is 0 Å². The third kappa shape index (κ3) is 1.72. The molecule has 0 saturated heterocycles. The topological polar surface area (TPSA) is 34.1 Å². The van der Waals surface area contributed by atoms with E-state index in [1.807, 2.05) is 12.1 Å². The van der Waals surface area contributed by atoms with E-state index in [2.05, 4.69) is 15.9 Å². The molecule has 0 bridgehead atoms. The van der Waals surface area contributed by atoms with Crippen LogP contribution in [0.4, 0.5) is 0 Å². The van der Waals surface area contributed by atoms with E-state index in [1.54, 1.807) is 6.07 Å². The van der Waals surface area contributed by atoms with E-state index in [4.69, 9.17) is 0 Å². The van der Waals surface area contributed by atoms with E-state index < -0.39 is 9.84 Å². The van der Waals surface area contributed by atoms with Crippen LogP contribution < -0.4 is 0 Å². The number of fused-ring (bicyclic) bond motifs is 1. The quantitative estimate of drug-likeness (QED) is 0.798. The van der Waals surface area contributed by atoms with Crippen LogP contribution >= 0.6 is 15.9 Å². The predicted octanol–water partition coefficient (Wildman–Crippen LogP) is 3.12. The highest BCUT2D eigenvalue weighted by molar-refractivity contribution is 9.10. The fourth-order valence-electron chi connectivity index (χ4n) is 2.63. The molecule has 1 aliphatic heterocycles. The Hall–Kier alpha value is -0.350. The highest BCUT2D eigenvalue weighted by atomic mass is 79.9. The summed E-state index contributed by atoms with van der Waals surface area (Å²) in [5.74, 6) is 1.52. The highest BCUT2D eigenvalue weighted by Crippen LogP contribution is 2.49. The number of hydrogen-bond donors (Lipinski definition) is 0. The van der Waals surface area contributed by atoms with Gasteiger partial charge < -0.3 is 0 Å². The Kier molecular flexibility index (Phi) is 2.41. The normalized spacial score (nSPS) is 27.4. The molecule has 1 unspecified atom stereocenters. The Bertz CT molecular complexity index is 532. The minimum atomic E-state index is -3.02. The molecule has 1 saturated carbocycles. The van der Waals surface area contributed by atoms with Gasteiger partial charge in [-0.1, -0.05) is 15.9 Å². The number of benzene rings is 1. The Morgan fingerprint density at radius 1 is 1.19 bits per heavy atom. The van der Waals surface area contributed by atoms with E-state index in [1.165, 1.54) is 12.8 Å². The van der Waals surface area contributed by atoms with E-state index in [-0.39, 0.29) is 0 Å². The van der Waals surface area contributed by atoms with Crippen molar-refractivity contribution in [3.63, 3.8) is 0 Å². The molecule has 4 heteroatoms. The van der Waals surface area contributed by atoms with E-state index in [0.717, 1.165) is 22.4 Å². The van der Waals surface area contributed by atoms with Gasteiger partial charge in [-0.3, -0.25) is 0 Å². The maximum atomic E-state index is 12.0. The Morgan fingerprint density at radius 2 is 1.94 bits per heavy atom. The summed E-state index contributed by atoms with van der Waals surface area (Å²) in [6, 6.07) is 5.57. The van der Waals surface area contributed by atoms with Crippen LogP contribution in [0, 0.1) is 5.92 Å². The van der Waals surface area contributed by atoms with Crippen molar-refractivity contribution in [2.24, 2.45) is 5.92 Å². The molecule has 0 aromatic heterocycles. The van der Waals surface area contributed by atoms with Gasteiger partial charge in [0.15, 0.2) is 9.84 Å². The fourth-order valence-corrected chi connectivity index (χ4v) is 4.64. The molecular formula is C12H13BrO2S. The van der Waals surface area contributed by atoms with Gasteiger partial charge in [-0.05, 0) is 54.9 Å². The largest absolute Gasteiger partial charge is 0.224 e. The van der Waals surface area contributed by atoms with Crippen molar-refractivity contribution in [1.82, 2.24) is 0 Å². The highest BCUT2D eigenvalue weighted by Gasteiger charge is 2.39.